The van der Waals surface area contributed by atoms with Crippen LogP contribution in [0.15, 0.2) is 54.6 Å². The number of fused-ring (bicyclic) bond motifs is 3. The minimum atomic E-state index is -0.958. The fourth-order valence-electron chi connectivity index (χ4n) is 3.62. The number of carbonyl (C=O) groups excluding carboxylic acids is 1. The van der Waals surface area contributed by atoms with E-state index in [2.05, 4.69) is 29.6 Å². The second-order valence-electron chi connectivity index (χ2n) is 6.68. The van der Waals surface area contributed by atoms with E-state index in [1.54, 1.807) is 6.07 Å². The van der Waals surface area contributed by atoms with Crippen molar-refractivity contribution in [2.45, 2.75) is 19.4 Å². The number of benzene rings is 2. The van der Waals surface area contributed by atoms with Gasteiger partial charge in [-0.15, -0.1) is 11.3 Å². The van der Waals surface area contributed by atoms with Gasteiger partial charge in [-0.05, 0) is 40.8 Å². The van der Waals surface area contributed by atoms with E-state index in [0.717, 1.165) is 21.6 Å². The molecular formula is C22H19NO4S. The number of nitrogens with one attached hydrogen (secondary N) is 1. The molecule has 0 unspecified atom stereocenters. The molecule has 3 aromatic rings. The largest absolute Gasteiger partial charge is 0.477 e. The van der Waals surface area contributed by atoms with Crippen LogP contribution in [-0.2, 0) is 11.3 Å². The molecule has 0 spiro atoms. The second kappa shape index (κ2) is 7.48. The molecule has 0 saturated carbocycles. The molecule has 4 rings (SSSR count). The lowest BCUT2D eigenvalue weighted by atomic mass is 9.98. The normalized spacial score (nSPS) is 12.3. The highest BCUT2D eigenvalue weighted by atomic mass is 32.1. The van der Waals surface area contributed by atoms with Gasteiger partial charge in [0.2, 0.25) is 0 Å². The van der Waals surface area contributed by atoms with E-state index in [-0.39, 0.29) is 23.9 Å². The lowest BCUT2D eigenvalue weighted by Gasteiger charge is -2.14. The van der Waals surface area contributed by atoms with Crippen molar-refractivity contribution in [2.75, 3.05) is 6.61 Å². The number of ether oxygens (including phenoxy) is 1. The summed E-state index contributed by atoms with van der Waals surface area (Å²) in [6, 6.07) is 17.9. The van der Waals surface area contributed by atoms with Crippen molar-refractivity contribution in [1.29, 1.82) is 0 Å². The third kappa shape index (κ3) is 3.39. The first-order valence-electron chi connectivity index (χ1n) is 8.96. The zero-order valence-corrected chi connectivity index (χ0v) is 16.1. The lowest BCUT2D eigenvalue weighted by Crippen LogP contribution is -2.25. The molecule has 0 aliphatic heterocycles. The fraction of sp³-hybridized carbons (Fsp3) is 0.182. The van der Waals surface area contributed by atoms with Crippen molar-refractivity contribution in [3.05, 3.63) is 81.0 Å². The second-order valence-corrected chi connectivity index (χ2v) is 7.93. The number of thiophene rings is 1. The summed E-state index contributed by atoms with van der Waals surface area (Å²) in [6.07, 6.45) is -0.510. The van der Waals surface area contributed by atoms with Crippen LogP contribution in [0.1, 0.15) is 37.2 Å². The van der Waals surface area contributed by atoms with Crippen LogP contribution >= 0.6 is 11.3 Å². The Kier molecular flexibility index (Phi) is 4.88. The van der Waals surface area contributed by atoms with Gasteiger partial charge in [-0.1, -0.05) is 48.5 Å². The van der Waals surface area contributed by atoms with E-state index in [4.69, 9.17) is 9.84 Å². The molecule has 1 aromatic heterocycles. The molecule has 28 heavy (non-hydrogen) atoms. The van der Waals surface area contributed by atoms with E-state index < -0.39 is 12.1 Å². The smallest absolute Gasteiger partial charge is 0.407 e. The van der Waals surface area contributed by atoms with Gasteiger partial charge in [-0.3, -0.25) is 0 Å². The Balaban J connectivity index is 1.41. The minimum absolute atomic E-state index is 0.0136. The SMILES string of the molecule is Cc1sc(C(=O)O)cc1CNC(=O)OCC1c2ccccc2-c2ccccc21. The number of alkyl carbamates (subject to hydrolysis) is 1. The maximum absolute atomic E-state index is 12.2. The summed E-state index contributed by atoms with van der Waals surface area (Å²) in [7, 11) is 0. The molecule has 2 aromatic carbocycles. The van der Waals surface area contributed by atoms with E-state index in [0.29, 0.717) is 0 Å². The van der Waals surface area contributed by atoms with Gasteiger partial charge in [0.25, 0.3) is 0 Å². The van der Waals surface area contributed by atoms with Gasteiger partial charge in [0.05, 0.1) is 0 Å². The summed E-state index contributed by atoms with van der Waals surface area (Å²) in [5.74, 6) is -0.944. The fourth-order valence-corrected chi connectivity index (χ4v) is 4.50. The molecule has 0 fully saturated rings. The van der Waals surface area contributed by atoms with Gasteiger partial charge in [-0.2, -0.15) is 0 Å². The number of amides is 1. The Morgan fingerprint density at radius 2 is 1.68 bits per heavy atom. The molecule has 0 radical (unpaired) electrons. The molecule has 1 amide bonds. The summed E-state index contributed by atoms with van der Waals surface area (Å²) < 4.78 is 5.49. The summed E-state index contributed by atoms with van der Waals surface area (Å²) in [5.41, 5.74) is 5.48. The van der Waals surface area contributed by atoms with E-state index in [1.807, 2.05) is 31.2 Å². The highest BCUT2D eigenvalue weighted by Gasteiger charge is 2.29. The van der Waals surface area contributed by atoms with Crippen LogP contribution in [0.3, 0.4) is 0 Å². The van der Waals surface area contributed by atoms with Gasteiger partial charge in [-0.25, -0.2) is 9.59 Å². The number of aromatic carboxylic acids is 1. The first-order chi connectivity index (χ1) is 13.5. The van der Waals surface area contributed by atoms with Crippen LogP contribution in [0.5, 0.6) is 0 Å². The van der Waals surface area contributed by atoms with Crippen LogP contribution in [0.25, 0.3) is 11.1 Å². The topological polar surface area (TPSA) is 75.6 Å². The number of hydrogen-bond acceptors (Lipinski definition) is 4. The molecule has 1 aliphatic rings. The van der Waals surface area contributed by atoms with Crippen molar-refractivity contribution < 1.29 is 19.4 Å². The minimum Gasteiger partial charge on any atom is -0.477 e. The highest BCUT2D eigenvalue weighted by molar-refractivity contribution is 7.14. The summed E-state index contributed by atoms with van der Waals surface area (Å²) in [5, 5.41) is 11.8. The monoisotopic (exact) mass is 393 g/mol. The predicted octanol–water partition coefficient (Wildman–Crippen LogP) is 4.79. The average Bonchev–Trinajstić information content (AvgIpc) is 3.23. The molecular weight excluding hydrogens is 374 g/mol. The van der Waals surface area contributed by atoms with Crippen LogP contribution < -0.4 is 5.32 Å². The predicted molar refractivity (Wildman–Crippen MR) is 108 cm³/mol. The van der Waals surface area contributed by atoms with Crippen LogP contribution in [0.2, 0.25) is 0 Å². The number of carbonyl (C=O) groups is 2. The summed E-state index contributed by atoms with van der Waals surface area (Å²) >= 11 is 1.20. The average molecular weight is 393 g/mol. The standard InChI is InChI=1S/C22H19NO4S/c1-13-14(10-20(28-13)21(24)25)11-23-22(26)27-12-19-17-8-4-2-6-15(17)16-7-3-5-9-18(16)19/h2-10,19H,11-12H2,1H3,(H,23,26)(H,24,25). The lowest BCUT2D eigenvalue weighted by molar-refractivity contribution is 0.0702. The van der Waals surface area contributed by atoms with Gasteiger partial charge in [0.15, 0.2) is 0 Å². The van der Waals surface area contributed by atoms with Crippen molar-refractivity contribution in [3.63, 3.8) is 0 Å². The van der Waals surface area contributed by atoms with Gasteiger partial charge >= 0.3 is 12.1 Å². The van der Waals surface area contributed by atoms with Crippen LogP contribution in [-0.4, -0.2) is 23.8 Å². The van der Waals surface area contributed by atoms with Crippen LogP contribution in [0, 0.1) is 6.92 Å². The third-order valence-corrected chi connectivity index (χ3v) is 6.08. The Hall–Kier alpha value is -3.12. The van der Waals surface area contributed by atoms with Gasteiger partial charge < -0.3 is 15.2 Å². The summed E-state index contributed by atoms with van der Waals surface area (Å²) in [4.78, 5) is 24.4. The van der Waals surface area contributed by atoms with E-state index in [1.165, 1.54) is 22.5 Å². The molecule has 0 saturated heterocycles. The van der Waals surface area contributed by atoms with E-state index >= 15 is 0 Å². The first kappa shape index (κ1) is 18.3. The Morgan fingerprint density at radius 3 is 2.25 bits per heavy atom. The molecule has 142 valence electrons. The van der Waals surface area contributed by atoms with Crippen molar-refractivity contribution in [1.82, 2.24) is 5.32 Å². The Labute approximate surface area is 166 Å². The van der Waals surface area contributed by atoms with Crippen molar-refractivity contribution in [3.8, 4) is 11.1 Å². The zero-order chi connectivity index (χ0) is 19.7. The summed E-state index contributed by atoms with van der Waals surface area (Å²) in [6.45, 7) is 2.33. The van der Waals surface area contributed by atoms with Gasteiger partial charge in [0.1, 0.15) is 11.5 Å². The van der Waals surface area contributed by atoms with Crippen LogP contribution in [0.4, 0.5) is 4.79 Å². The molecule has 0 bridgehead atoms. The highest BCUT2D eigenvalue weighted by Crippen LogP contribution is 2.44. The number of hydrogen-bond donors (Lipinski definition) is 2. The third-order valence-electron chi connectivity index (χ3n) is 5.00. The number of rotatable bonds is 5. The van der Waals surface area contributed by atoms with Crippen molar-refractivity contribution >= 4 is 23.4 Å². The number of aryl methyl sites for hydroxylation is 1. The van der Waals surface area contributed by atoms with E-state index in [9.17, 15) is 9.59 Å². The molecule has 1 aliphatic carbocycles. The molecule has 1 heterocycles. The molecule has 0 atom stereocenters. The van der Waals surface area contributed by atoms with Gasteiger partial charge in [0, 0.05) is 17.3 Å². The Bertz CT molecular complexity index is 1010. The molecule has 5 nitrogen and oxygen atoms in total. The number of carboxylic acid groups (broad SMARTS) is 1. The molecule has 6 heteroatoms. The molecule has 2 N–H and O–H groups in total. The maximum atomic E-state index is 12.2. The quantitative estimate of drug-likeness (QED) is 0.653. The Morgan fingerprint density at radius 1 is 1.07 bits per heavy atom. The van der Waals surface area contributed by atoms with Crippen molar-refractivity contribution in [2.24, 2.45) is 0 Å². The first-order valence-corrected chi connectivity index (χ1v) is 9.77. The number of carboxylic acids is 1. The zero-order valence-electron chi connectivity index (χ0n) is 15.3. The maximum Gasteiger partial charge on any atom is 0.407 e.